The quantitative estimate of drug-likeness (QED) is 0.665. The molecule has 0 fully saturated rings. The number of nitrogens with zero attached hydrogens (tertiary/aromatic N) is 1. The standard InChI is InChI=1S/C20H20FN3O2S/c1-14-7-9-18(11-15(14)2)27(25,26)24-20-10-8-17(13-23-20)22-12-16-5-3-4-6-19(16)21/h3-11,13,22H,12H2,1-2H3,(H,23,24). The number of halogens is 1. The SMILES string of the molecule is Cc1ccc(S(=O)(=O)Nc2ccc(NCc3ccccc3F)cn2)cc1C. The molecule has 3 rings (SSSR count). The summed E-state index contributed by atoms with van der Waals surface area (Å²) in [6.07, 6.45) is 1.50. The summed E-state index contributed by atoms with van der Waals surface area (Å²) in [5.74, 6) is -0.0691. The van der Waals surface area contributed by atoms with Crippen LogP contribution in [0, 0.1) is 19.7 Å². The molecular formula is C20H20FN3O2S. The third-order valence-electron chi connectivity index (χ3n) is 4.23. The van der Waals surface area contributed by atoms with Crippen LogP contribution in [0.4, 0.5) is 15.9 Å². The molecule has 0 atom stereocenters. The summed E-state index contributed by atoms with van der Waals surface area (Å²) in [6.45, 7) is 4.10. The third-order valence-corrected chi connectivity index (χ3v) is 5.58. The Morgan fingerprint density at radius 2 is 1.78 bits per heavy atom. The molecule has 3 aromatic rings. The fraction of sp³-hybridized carbons (Fsp3) is 0.150. The average molecular weight is 385 g/mol. The van der Waals surface area contributed by atoms with E-state index in [1.807, 2.05) is 13.8 Å². The Hall–Kier alpha value is -2.93. The van der Waals surface area contributed by atoms with E-state index in [-0.39, 0.29) is 16.5 Å². The largest absolute Gasteiger partial charge is 0.380 e. The molecule has 0 amide bonds. The Balaban J connectivity index is 1.68. The minimum Gasteiger partial charge on any atom is -0.380 e. The number of aryl methyl sites for hydroxylation is 2. The molecule has 1 aromatic heterocycles. The van der Waals surface area contributed by atoms with Gasteiger partial charge in [0.25, 0.3) is 10.0 Å². The second-order valence-electron chi connectivity index (χ2n) is 6.23. The lowest BCUT2D eigenvalue weighted by Gasteiger charge is -2.10. The zero-order valence-corrected chi connectivity index (χ0v) is 15.8. The van der Waals surface area contributed by atoms with Gasteiger partial charge in [-0.2, -0.15) is 0 Å². The van der Waals surface area contributed by atoms with Crippen LogP contribution in [0.15, 0.2) is 65.7 Å². The van der Waals surface area contributed by atoms with E-state index in [1.54, 1.807) is 48.5 Å². The minimum absolute atomic E-state index is 0.189. The maximum absolute atomic E-state index is 13.6. The van der Waals surface area contributed by atoms with Crippen molar-refractivity contribution in [2.24, 2.45) is 0 Å². The van der Waals surface area contributed by atoms with Crippen molar-refractivity contribution in [3.8, 4) is 0 Å². The first kappa shape index (κ1) is 18.8. The lowest BCUT2D eigenvalue weighted by Crippen LogP contribution is -2.14. The first-order valence-electron chi connectivity index (χ1n) is 8.38. The third kappa shape index (κ3) is 4.62. The lowest BCUT2D eigenvalue weighted by molar-refractivity contribution is 0.601. The first-order valence-corrected chi connectivity index (χ1v) is 9.87. The lowest BCUT2D eigenvalue weighted by atomic mass is 10.1. The molecule has 2 aromatic carbocycles. The van der Waals surface area contributed by atoms with Gasteiger partial charge in [0.2, 0.25) is 0 Å². The molecule has 2 N–H and O–H groups in total. The predicted molar refractivity (Wildman–Crippen MR) is 105 cm³/mol. The fourth-order valence-corrected chi connectivity index (χ4v) is 3.57. The second-order valence-corrected chi connectivity index (χ2v) is 7.91. The van der Waals surface area contributed by atoms with Crippen molar-refractivity contribution in [3.05, 3.63) is 83.3 Å². The predicted octanol–water partition coefficient (Wildman–Crippen LogP) is 4.25. The Kier molecular flexibility index (Phi) is 5.41. The summed E-state index contributed by atoms with van der Waals surface area (Å²) in [5.41, 5.74) is 3.13. The number of anilines is 2. The zero-order valence-electron chi connectivity index (χ0n) is 15.0. The minimum atomic E-state index is -3.71. The Morgan fingerprint density at radius 1 is 1.00 bits per heavy atom. The van der Waals surface area contributed by atoms with E-state index in [2.05, 4.69) is 15.0 Å². The molecule has 0 saturated carbocycles. The van der Waals surface area contributed by atoms with Crippen molar-refractivity contribution in [1.29, 1.82) is 0 Å². The van der Waals surface area contributed by atoms with Crippen LogP contribution in [0.1, 0.15) is 16.7 Å². The molecule has 7 heteroatoms. The molecule has 0 aliphatic heterocycles. The molecule has 1 heterocycles. The molecule has 0 saturated heterocycles. The van der Waals surface area contributed by atoms with E-state index in [9.17, 15) is 12.8 Å². The van der Waals surface area contributed by atoms with E-state index in [1.165, 1.54) is 12.3 Å². The highest BCUT2D eigenvalue weighted by Gasteiger charge is 2.15. The van der Waals surface area contributed by atoms with Crippen LogP contribution in [0.3, 0.4) is 0 Å². The molecule has 27 heavy (non-hydrogen) atoms. The highest BCUT2D eigenvalue weighted by Crippen LogP contribution is 2.19. The van der Waals surface area contributed by atoms with E-state index in [0.717, 1.165) is 11.1 Å². The van der Waals surface area contributed by atoms with Gasteiger partial charge in [-0.05, 0) is 55.3 Å². The molecule has 140 valence electrons. The number of benzene rings is 2. The molecule has 0 spiro atoms. The number of rotatable bonds is 6. The van der Waals surface area contributed by atoms with Crippen LogP contribution in [0.25, 0.3) is 0 Å². The number of nitrogens with one attached hydrogen (secondary N) is 2. The molecule has 0 radical (unpaired) electrons. The van der Waals surface area contributed by atoms with Crippen LogP contribution in [-0.4, -0.2) is 13.4 Å². The van der Waals surface area contributed by atoms with Crippen molar-refractivity contribution in [1.82, 2.24) is 4.98 Å². The zero-order chi connectivity index (χ0) is 19.4. The number of pyridine rings is 1. The molecule has 0 aliphatic rings. The van der Waals surface area contributed by atoms with Crippen LogP contribution in [-0.2, 0) is 16.6 Å². The van der Waals surface area contributed by atoms with Gasteiger partial charge in [0.1, 0.15) is 11.6 Å². The first-order chi connectivity index (χ1) is 12.8. The second kappa shape index (κ2) is 7.75. The van der Waals surface area contributed by atoms with Gasteiger partial charge in [0.15, 0.2) is 0 Å². The number of hydrogen-bond acceptors (Lipinski definition) is 4. The van der Waals surface area contributed by atoms with Gasteiger partial charge < -0.3 is 5.32 Å². The summed E-state index contributed by atoms with van der Waals surface area (Å²) < 4.78 is 41.1. The van der Waals surface area contributed by atoms with E-state index >= 15 is 0 Å². The van der Waals surface area contributed by atoms with Gasteiger partial charge in [-0.15, -0.1) is 0 Å². The maximum Gasteiger partial charge on any atom is 0.263 e. The Morgan fingerprint density at radius 3 is 2.44 bits per heavy atom. The van der Waals surface area contributed by atoms with Gasteiger partial charge in [0, 0.05) is 12.1 Å². The summed E-state index contributed by atoms with van der Waals surface area (Å²) in [5, 5.41) is 3.06. The number of sulfonamides is 1. The maximum atomic E-state index is 13.6. The highest BCUT2D eigenvalue weighted by molar-refractivity contribution is 7.92. The van der Waals surface area contributed by atoms with Crippen LogP contribution < -0.4 is 10.0 Å². The van der Waals surface area contributed by atoms with Gasteiger partial charge >= 0.3 is 0 Å². The fourth-order valence-electron chi connectivity index (χ4n) is 2.48. The summed E-state index contributed by atoms with van der Waals surface area (Å²) >= 11 is 0. The molecule has 0 aliphatic carbocycles. The highest BCUT2D eigenvalue weighted by atomic mass is 32.2. The van der Waals surface area contributed by atoms with E-state index in [0.29, 0.717) is 17.8 Å². The van der Waals surface area contributed by atoms with Crippen LogP contribution >= 0.6 is 0 Å². The van der Waals surface area contributed by atoms with Crippen LogP contribution in [0.2, 0.25) is 0 Å². The molecule has 5 nitrogen and oxygen atoms in total. The summed E-state index contributed by atoms with van der Waals surface area (Å²) in [6, 6.07) is 14.7. The van der Waals surface area contributed by atoms with Gasteiger partial charge in [-0.25, -0.2) is 17.8 Å². The molecule has 0 bridgehead atoms. The topological polar surface area (TPSA) is 71.1 Å². The van der Waals surface area contributed by atoms with Crippen molar-refractivity contribution < 1.29 is 12.8 Å². The van der Waals surface area contributed by atoms with Crippen molar-refractivity contribution in [2.75, 3.05) is 10.0 Å². The summed E-state index contributed by atoms with van der Waals surface area (Å²) in [4.78, 5) is 4.31. The Labute approximate surface area is 158 Å². The molecular weight excluding hydrogens is 365 g/mol. The molecule has 0 unspecified atom stereocenters. The van der Waals surface area contributed by atoms with Crippen molar-refractivity contribution in [3.63, 3.8) is 0 Å². The van der Waals surface area contributed by atoms with Crippen molar-refractivity contribution in [2.45, 2.75) is 25.3 Å². The number of aromatic nitrogens is 1. The van der Waals surface area contributed by atoms with Gasteiger partial charge in [-0.1, -0.05) is 24.3 Å². The normalized spacial score (nSPS) is 11.2. The van der Waals surface area contributed by atoms with Gasteiger partial charge in [0.05, 0.1) is 16.8 Å². The Bertz CT molecular complexity index is 1050. The summed E-state index contributed by atoms with van der Waals surface area (Å²) in [7, 11) is -3.71. The van der Waals surface area contributed by atoms with E-state index < -0.39 is 10.0 Å². The van der Waals surface area contributed by atoms with Crippen LogP contribution in [0.5, 0.6) is 0 Å². The van der Waals surface area contributed by atoms with Gasteiger partial charge in [-0.3, -0.25) is 4.72 Å². The monoisotopic (exact) mass is 385 g/mol. The average Bonchev–Trinajstić information content (AvgIpc) is 2.64. The van der Waals surface area contributed by atoms with Crippen molar-refractivity contribution >= 4 is 21.5 Å². The van der Waals surface area contributed by atoms with E-state index in [4.69, 9.17) is 0 Å². The smallest absolute Gasteiger partial charge is 0.263 e. The number of hydrogen-bond donors (Lipinski definition) is 2.